The molecule has 28 heavy (non-hydrogen) atoms. The summed E-state index contributed by atoms with van der Waals surface area (Å²) in [7, 11) is 0. The topological polar surface area (TPSA) is 50.4 Å². The second kappa shape index (κ2) is 9.46. The molecule has 146 valence electrons. The zero-order chi connectivity index (χ0) is 19.9. The van der Waals surface area contributed by atoms with E-state index in [1.54, 1.807) is 19.1 Å². The minimum Gasteiger partial charge on any atom is -0.460 e. The smallest absolute Gasteiger partial charge is 0.333 e. The number of ether oxygens (including phenoxy) is 1. The van der Waals surface area contributed by atoms with Crippen molar-refractivity contribution in [3.05, 3.63) is 76.6 Å². The van der Waals surface area contributed by atoms with Crippen molar-refractivity contribution in [2.75, 3.05) is 13.2 Å². The Morgan fingerprint density at radius 1 is 1.25 bits per heavy atom. The number of nitrogens with one attached hydrogen (secondary N) is 2. The second-order valence-electron chi connectivity index (χ2n) is 6.67. The van der Waals surface area contributed by atoms with Gasteiger partial charge in [-0.05, 0) is 60.8 Å². The van der Waals surface area contributed by atoms with E-state index < -0.39 is 0 Å². The van der Waals surface area contributed by atoms with Crippen molar-refractivity contribution in [1.82, 2.24) is 10.6 Å². The van der Waals surface area contributed by atoms with E-state index in [2.05, 4.69) is 10.6 Å². The van der Waals surface area contributed by atoms with Gasteiger partial charge in [0.2, 0.25) is 0 Å². The minimum absolute atomic E-state index is 0.00398. The summed E-state index contributed by atoms with van der Waals surface area (Å²) in [6, 6.07) is 14.7. The van der Waals surface area contributed by atoms with Crippen LogP contribution in [0.5, 0.6) is 0 Å². The molecule has 0 radical (unpaired) electrons. The maximum atomic E-state index is 13.8. The van der Waals surface area contributed by atoms with Crippen LogP contribution in [-0.4, -0.2) is 24.2 Å². The Labute approximate surface area is 169 Å². The van der Waals surface area contributed by atoms with Crippen LogP contribution >= 0.6 is 12.2 Å². The van der Waals surface area contributed by atoms with E-state index >= 15 is 0 Å². The van der Waals surface area contributed by atoms with Gasteiger partial charge in [-0.2, -0.15) is 0 Å². The molecule has 2 aromatic carbocycles. The number of halogens is 1. The molecule has 4 nitrogen and oxygen atoms in total. The van der Waals surface area contributed by atoms with Crippen LogP contribution in [0.4, 0.5) is 4.39 Å². The molecule has 0 saturated carbocycles. The second-order valence-corrected chi connectivity index (χ2v) is 7.08. The first kappa shape index (κ1) is 20.0. The number of fused-ring (bicyclic) bond motifs is 1. The number of rotatable bonds is 6. The van der Waals surface area contributed by atoms with E-state index in [9.17, 15) is 9.18 Å². The van der Waals surface area contributed by atoms with Gasteiger partial charge in [0.25, 0.3) is 0 Å². The number of esters is 1. The maximum absolute atomic E-state index is 13.8. The van der Waals surface area contributed by atoms with Crippen LogP contribution in [0.15, 0.2) is 54.1 Å². The predicted octanol–water partition coefficient (Wildman–Crippen LogP) is 3.92. The summed E-state index contributed by atoms with van der Waals surface area (Å²) in [5, 5.41) is 6.70. The molecule has 0 spiro atoms. The van der Waals surface area contributed by atoms with Gasteiger partial charge >= 0.3 is 5.97 Å². The average Bonchev–Trinajstić information content (AvgIpc) is 3.10. The van der Waals surface area contributed by atoms with E-state index in [4.69, 9.17) is 17.0 Å². The van der Waals surface area contributed by atoms with Gasteiger partial charge in [0, 0.05) is 5.57 Å². The van der Waals surface area contributed by atoms with Gasteiger partial charge in [0.15, 0.2) is 5.11 Å². The summed E-state index contributed by atoms with van der Waals surface area (Å²) in [5.74, 6) is -0.517. The lowest BCUT2D eigenvalue weighted by Gasteiger charge is -2.17. The van der Waals surface area contributed by atoms with Crippen molar-refractivity contribution >= 4 is 29.4 Å². The number of thiocarbonyl (C=S) groups is 1. The highest BCUT2D eigenvalue weighted by Crippen LogP contribution is 2.32. The van der Waals surface area contributed by atoms with E-state index in [1.807, 2.05) is 36.4 Å². The van der Waals surface area contributed by atoms with E-state index in [0.717, 1.165) is 23.1 Å². The molecule has 2 aromatic rings. The first-order chi connectivity index (χ1) is 13.5. The molecule has 3 rings (SSSR count). The summed E-state index contributed by atoms with van der Waals surface area (Å²) in [6.07, 6.45) is 3.29. The molecule has 0 heterocycles. The zero-order valence-corrected chi connectivity index (χ0v) is 16.5. The molecule has 1 unspecified atom stereocenters. The van der Waals surface area contributed by atoms with E-state index in [1.165, 1.54) is 6.07 Å². The Kier molecular flexibility index (Phi) is 6.76. The van der Waals surface area contributed by atoms with Gasteiger partial charge < -0.3 is 15.4 Å². The Balaban J connectivity index is 1.40. The molecule has 2 N–H and O–H groups in total. The Morgan fingerprint density at radius 3 is 2.82 bits per heavy atom. The van der Waals surface area contributed by atoms with Crippen LogP contribution in [0.3, 0.4) is 0 Å². The number of benzene rings is 2. The molecule has 0 aromatic heterocycles. The number of hydrogen-bond donors (Lipinski definition) is 2. The third kappa shape index (κ3) is 5.16. The van der Waals surface area contributed by atoms with E-state index in [-0.39, 0.29) is 24.4 Å². The molecule has 0 amide bonds. The third-order valence-corrected chi connectivity index (χ3v) is 4.91. The minimum atomic E-state index is -0.357. The molecule has 6 heteroatoms. The number of carbonyl (C=O) groups is 1. The van der Waals surface area contributed by atoms with Gasteiger partial charge in [0.05, 0.1) is 12.6 Å². The van der Waals surface area contributed by atoms with Crippen LogP contribution in [0.1, 0.15) is 36.1 Å². The molecule has 0 bridgehead atoms. The Morgan fingerprint density at radius 2 is 2.04 bits per heavy atom. The summed E-state index contributed by atoms with van der Waals surface area (Å²) >= 11 is 5.30. The van der Waals surface area contributed by atoms with Gasteiger partial charge in [-0.1, -0.05) is 42.5 Å². The van der Waals surface area contributed by atoms with Crippen LogP contribution in [0.25, 0.3) is 6.08 Å². The van der Waals surface area contributed by atoms with Crippen molar-refractivity contribution in [3.63, 3.8) is 0 Å². The lowest BCUT2D eigenvalue weighted by molar-refractivity contribution is -0.138. The van der Waals surface area contributed by atoms with Crippen LogP contribution in [0, 0.1) is 5.82 Å². The average molecular weight is 399 g/mol. The van der Waals surface area contributed by atoms with Crippen molar-refractivity contribution in [3.8, 4) is 0 Å². The fourth-order valence-electron chi connectivity index (χ4n) is 3.25. The van der Waals surface area contributed by atoms with Crippen molar-refractivity contribution in [1.29, 1.82) is 0 Å². The Bertz CT molecular complexity index is 883. The highest BCUT2D eigenvalue weighted by Gasteiger charge is 2.25. The lowest BCUT2D eigenvalue weighted by atomic mass is 10.1. The van der Waals surface area contributed by atoms with Crippen LogP contribution in [-0.2, 0) is 16.0 Å². The first-order valence-corrected chi connectivity index (χ1v) is 9.67. The van der Waals surface area contributed by atoms with Gasteiger partial charge in [0.1, 0.15) is 12.4 Å². The standard InChI is InChI=1S/C22H23FN2O2S/c1-15(14-16-6-3-2-4-7-16)21(26)27-13-12-24-22(28)25-20-11-10-17-18(20)8-5-9-19(17)23/h2-9,14,20H,10-13H2,1H3,(H2,24,25,28)/b15-14+. The van der Waals surface area contributed by atoms with Crippen molar-refractivity contribution < 1.29 is 13.9 Å². The highest BCUT2D eigenvalue weighted by atomic mass is 32.1. The molecule has 0 aliphatic heterocycles. The zero-order valence-electron chi connectivity index (χ0n) is 15.7. The van der Waals surface area contributed by atoms with Gasteiger partial charge in [-0.25, -0.2) is 9.18 Å². The SMILES string of the molecule is C/C(=C\c1ccccc1)C(=O)OCCNC(=S)NC1CCc2c(F)cccc21. The molecular weight excluding hydrogens is 375 g/mol. The normalized spacial score (nSPS) is 15.6. The highest BCUT2D eigenvalue weighted by molar-refractivity contribution is 7.80. The largest absolute Gasteiger partial charge is 0.460 e. The van der Waals surface area contributed by atoms with Gasteiger partial charge in [-0.15, -0.1) is 0 Å². The van der Waals surface area contributed by atoms with Crippen molar-refractivity contribution in [2.24, 2.45) is 0 Å². The van der Waals surface area contributed by atoms with E-state index in [0.29, 0.717) is 23.7 Å². The molecular formula is C22H23FN2O2S. The molecule has 1 atom stereocenters. The lowest BCUT2D eigenvalue weighted by Crippen LogP contribution is -2.38. The maximum Gasteiger partial charge on any atom is 0.333 e. The molecule has 1 aliphatic rings. The van der Waals surface area contributed by atoms with Crippen LogP contribution in [0.2, 0.25) is 0 Å². The Hall–Kier alpha value is -2.73. The first-order valence-electron chi connectivity index (χ1n) is 9.26. The van der Waals surface area contributed by atoms with Gasteiger partial charge in [-0.3, -0.25) is 0 Å². The monoisotopic (exact) mass is 398 g/mol. The molecule has 0 fully saturated rings. The quantitative estimate of drug-likeness (QED) is 0.334. The summed E-state index contributed by atoms with van der Waals surface area (Å²) in [6.45, 7) is 2.33. The third-order valence-electron chi connectivity index (χ3n) is 4.64. The van der Waals surface area contributed by atoms with Crippen LogP contribution < -0.4 is 10.6 Å². The fourth-order valence-corrected chi connectivity index (χ4v) is 3.49. The van der Waals surface area contributed by atoms with Crippen molar-refractivity contribution in [2.45, 2.75) is 25.8 Å². The molecule has 0 saturated heterocycles. The summed E-state index contributed by atoms with van der Waals surface area (Å²) in [4.78, 5) is 12.0. The number of carbonyl (C=O) groups excluding carboxylic acids is 1. The number of hydrogen-bond acceptors (Lipinski definition) is 3. The predicted molar refractivity (Wildman–Crippen MR) is 112 cm³/mol. The molecule has 1 aliphatic carbocycles. The summed E-state index contributed by atoms with van der Waals surface area (Å²) < 4.78 is 19.1. The fraction of sp³-hybridized carbons (Fsp3) is 0.273. The summed E-state index contributed by atoms with van der Waals surface area (Å²) in [5.41, 5.74) is 3.21.